The van der Waals surface area contributed by atoms with Gasteiger partial charge in [0, 0.05) is 25.7 Å². The molecule has 2 heterocycles. The van der Waals surface area contributed by atoms with Gasteiger partial charge in [0.15, 0.2) is 0 Å². The fourth-order valence-electron chi connectivity index (χ4n) is 4.58. The Morgan fingerprint density at radius 2 is 2.09 bits per heavy atom. The summed E-state index contributed by atoms with van der Waals surface area (Å²) in [6.07, 6.45) is 9.44. The predicted octanol–water partition coefficient (Wildman–Crippen LogP) is 6.39. The van der Waals surface area contributed by atoms with Gasteiger partial charge in [0.25, 0.3) is 5.70 Å². The Bertz CT molecular complexity index is 1140. The number of hydrogen-bond donors (Lipinski definition) is 0. The van der Waals surface area contributed by atoms with Gasteiger partial charge in [-0.15, -0.1) is 0 Å². The van der Waals surface area contributed by atoms with E-state index in [0.717, 1.165) is 36.1 Å². The summed E-state index contributed by atoms with van der Waals surface area (Å²) in [5.41, 5.74) is 7.20. The van der Waals surface area contributed by atoms with E-state index in [1.807, 2.05) is 48.6 Å². The van der Waals surface area contributed by atoms with Crippen molar-refractivity contribution in [2.45, 2.75) is 38.7 Å². The minimum absolute atomic E-state index is 0.130. The smallest absolute Gasteiger partial charge is 0.265 e. The lowest BCUT2D eigenvalue weighted by molar-refractivity contribution is 0.118. The third kappa shape index (κ3) is 4.46. The molecule has 0 bridgehead atoms. The molecule has 4 rings (SSSR count). The molecule has 0 amide bonds. The molecule has 0 aromatic heterocycles. The monoisotopic (exact) mass is 421 g/mol. The van der Waals surface area contributed by atoms with Crippen molar-refractivity contribution in [1.29, 1.82) is 5.26 Å². The molecule has 0 saturated heterocycles. The highest BCUT2D eigenvalue weighted by molar-refractivity contribution is 5.67. The van der Waals surface area contributed by atoms with Gasteiger partial charge < -0.3 is 9.64 Å². The molecule has 2 aliphatic rings. The summed E-state index contributed by atoms with van der Waals surface area (Å²) in [7, 11) is 2.18. The number of ether oxygens (including phenoxy) is 1. The van der Waals surface area contributed by atoms with Crippen molar-refractivity contribution < 1.29 is 4.74 Å². The minimum atomic E-state index is -0.218. The first-order valence-corrected chi connectivity index (χ1v) is 11.1. The van der Waals surface area contributed by atoms with Crippen molar-refractivity contribution >= 4 is 11.8 Å². The van der Waals surface area contributed by atoms with E-state index in [2.05, 4.69) is 41.9 Å². The highest BCUT2D eigenvalue weighted by atomic mass is 16.5. The van der Waals surface area contributed by atoms with E-state index in [4.69, 9.17) is 11.3 Å². The summed E-state index contributed by atoms with van der Waals surface area (Å²) < 4.78 is 6.27. The van der Waals surface area contributed by atoms with E-state index in [9.17, 15) is 5.26 Å². The van der Waals surface area contributed by atoms with Crippen LogP contribution >= 0.6 is 0 Å². The molecule has 1 atom stereocenters. The van der Waals surface area contributed by atoms with E-state index in [1.54, 1.807) is 0 Å². The van der Waals surface area contributed by atoms with Crippen LogP contribution in [0.1, 0.15) is 48.1 Å². The second kappa shape index (κ2) is 9.58. The van der Waals surface area contributed by atoms with E-state index in [-0.39, 0.29) is 11.8 Å². The first-order valence-electron chi connectivity index (χ1n) is 11.1. The maximum atomic E-state index is 9.41. The van der Waals surface area contributed by atoms with Crippen LogP contribution in [-0.4, -0.2) is 13.6 Å². The highest BCUT2D eigenvalue weighted by Crippen LogP contribution is 2.36. The lowest BCUT2D eigenvalue weighted by Crippen LogP contribution is -2.26. The first-order chi connectivity index (χ1) is 15.6. The Balaban J connectivity index is 1.68. The van der Waals surface area contributed by atoms with Crippen molar-refractivity contribution in [3.8, 4) is 6.07 Å². The molecule has 4 nitrogen and oxygen atoms in total. The number of hydrogen-bond acceptors (Lipinski definition) is 3. The Hall–Kier alpha value is -3.76. The Morgan fingerprint density at radius 3 is 2.81 bits per heavy atom. The molecule has 2 aromatic carbocycles. The molecule has 0 N–H and O–H groups in total. The van der Waals surface area contributed by atoms with Gasteiger partial charge in [0.2, 0.25) is 0 Å². The zero-order valence-corrected chi connectivity index (χ0v) is 18.6. The summed E-state index contributed by atoms with van der Waals surface area (Å²) >= 11 is 0. The van der Waals surface area contributed by atoms with Gasteiger partial charge in [0.05, 0.1) is 12.6 Å². The molecule has 1 unspecified atom stereocenters. The molecule has 0 spiro atoms. The van der Waals surface area contributed by atoms with Crippen LogP contribution in [0.5, 0.6) is 0 Å². The van der Waals surface area contributed by atoms with Crippen LogP contribution in [0.2, 0.25) is 0 Å². The number of benzene rings is 2. The quantitative estimate of drug-likeness (QED) is 0.424. The molecule has 32 heavy (non-hydrogen) atoms. The summed E-state index contributed by atoms with van der Waals surface area (Å²) in [6, 6.07) is 16.5. The lowest BCUT2D eigenvalue weighted by atomic mass is 9.93. The third-order valence-corrected chi connectivity index (χ3v) is 6.13. The van der Waals surface area contributed by atoms with Gasteiger partial charge in [-0.2, -0.15) is 0 Å². The Kier molecular flexibility index (Phi) is 6.43. The lowest BCUT2D eigenvalue weighted by Gasteiger charge is -2.30. The maximum absolute atomic E-state index is 9.41. The minimum Gasteiger partial charge on any atom is -0.485 e. The average Bonchev–Trinajstić information content (AvgIpc) is 2.83. The molecule has 0 radical (unpaired) electrons. The van der Waals surface area contributed by atoms with Crippen LogP contribution in [-0.2, 0) is 17.6 Å². The zero-order chi connectivity index (χ0) is 22.5. The summed E-state index contributed by atoms with van der Waals surface area (Å²) in [4.78, 5) is 5.80. The largest absolute Gasteiger partial charge is 0.485 e. The molecule has 0 fully saturated rings. The van der Waals surface area contributed by atoms with Gasteiger partial charge in [-0.1, -0.05) is 43.3 Å². The fraction of sp³-hybridized carbons (Fsp3) is 0.286. The second-order valence-electron chi connectivity index (χ2n) is 8.27. The fourth-order valence-corrected chi connectivity index (χ4v) is 4.58. The standard InChI is InChI=1S/C28H27N3O/c1-4-21-15-20(16-23-11-8-14-31(3)28(21)23)12-13-25-17-24(26(19-29)30-2)18-27(32-25)22-9-6-5-7-10-22/h5-7,9-10,12-13,15-17,27H,4,8,11,14,18H2,1,3H3/b13-12+,26-24+. The van der Waals surface area contributed by atoms with Crippen molar-refractivity contribution in [3.05, 3.63) is 105 Å². The molecule has 2 aliphatic heterocycles. The van der Waals surface area contributed by atoms with E-state index in [0.29, 0.717) is 12.2 Å². The van der Waals surface area contributed by atoms with Crippen LogP contribution in [0.4, 0.5) is 5.69 Å². The number of fused-ring (bicyclic) bond motifs is 1. The number of rotatable bonds is 4. The third-order valence-electron chi connectivity index (χ3n) is 6.13. The van der Waals surface area contributed by atoms with Gasteiger partial charge in [0.1, 0.15) is 11.9 Å². The van der Waals surface area contributed by atoms with Crippen LogP contribution in [0.15, 0.2) is 71.6 Å². The first kappa shape index (κ1) is 21.5. The molecule has 2 aromatic rings. The van der Waals surface area contributed by atoms with Gasteiger partial charge in [-0.05, 0) is 71.4 Å². The number of nitrogens with zero attached hydrogens (tertiary/aromatic N) is 3. The molecular weight excluding hydrogens is 394 g/mol. The molecule has 0 aliphatic carbocycles. The average molecular weight is 422 g/mol. The zero-order valence-electron chi connectivity index (χ0n) is 18.6. The van der Waals surface area contributed by atoms with Crippen molar-refractivity contribution in [2.75, 3.05) is 18.5 Å². The summed E-state index contributed by atoms with van der Waals surface area (Å²) in [5, 5.41) is 9.41. The molecule has 4 heteroatoms. The molecule has 0 saturated carbocycles. The Labute approximate surface area is 190 Å². The number of nitriles is 1. The summed E-state index contributed by atoms with van der Waals surface area (Å²) in [6.45, 7) is 10.7. The number of aryl methyl sites for hydroxylation is 2. The Morgan fingerprint density at radius 1 is 1.28 bits per heavy atom. The van der Waals surface area contributed by atoms with Crippen molar-refractivity contribution in [2.24, 2.45) is 0 Å². The molecular formula is C28H27N3O. The van der Waals surface area contributed by atoms with E-state index < -0.39 is 0 Å². The van der Waals surface area contributed by atoms with Gasteiger partial charge in [-0.25, -0.2) is 10.1 Å². The van der Waals surface area contributed by atoms with Crippen molar-refractivity contribution in [1.82, 2.24) is 0 Å². The second-order valence-corrected chi connectivity index (χ2v) is 8.27. The van der Waals surface area contributed by atoms with Crippen LogP contribution in [0.25, 0.3) is 10.9 Å². The predicted molar refractivity (Wildman–Crippen MR) is 129 cm³/mol. The van der Waals surface area contributed by atoms with Crippen LogP contribution in [0, 0.1) is 17.9 Å². The van der Waals surface area contributed by atoms with Crippen LogP contribution in [0.3, 0.4) is 0 Å². The topological polar surface area (TPSA) is 40.6 Å². The van der Waals surface area contributed by atoms with Gasteiger partial charge >= 0.3 is 0 Å². The molecule has 160 valence electrons. The maximum Gasteiger partial charge on any atom is 0.265 e. The normalized spacial score (nSPS) is 19.4. The van der Waals surface area contributed by atoms with E-state index in [1.165, 1.54) is 23.2 Å². The number of anilines is 1. The highest BCUT2D eigenvalue weighted by Gasteiger charge is 2.23. The SMILES string of the molecule is [C-]#[N+]/C(C#N)=C1C=C(/C=C/c2cc(CC)c3c(c2)CCCN3C)OC(c2ccccc2)C\1. The van der Waals surface area contributed by atoms with Crippen molar-refractivity contribution in [3.63, 3.8) is 0 Å². The number of allylic oxidation sites excluding steroid dienone is 3. The summed E-state index contributed by atoms with van der Waals surface area (Å²) in [5.74, 6) is 0.671. The van der Waals surface area contributed by atoms with E-state index >= 15 is 0 Å². The van der Waals surface area contributed by atoms with Gasteiger partial charge in [-0.3, -0.25) is 0 Å². The van der Waals surface area contributed by atoms with Crippen LogP contribution < -0.4 is 4.90 Å².